The van der Waals surface area contributed by atoms with Crippen molar-refractivity contribution in [3.05, 3.63) is 83.4 Å². The van der Waals surface area contributed by atoms with Crippen LogP contribution in [0.4, 0.5) is 5.69 Å². The molecule has 0 saturated heterocycles. The number of sulfonamides is 1. The number of rotatable bonds is 7. The third-order valence-electron chi connectivity index (χ3n) is 5.29. The van der Waals surface area contributed by atoms with E-state index in [1.54, 1.807) is 24.3 Å². The molecule has 0 saturated carbocycles. The number of nitrogens with one attached hydrogen (secondary N) is 1. The first kappa shape index (κ1) is 24.3. The summed E-state index contributed by atoms with van der Waals surface area (Å²) >= 11 is 0. The summed E-state index contributed by atoms with van der Waals surface area (Å²) in [5.41, 5.74) is 2.86. The fourth-order valence-corrected chi connectivity index (χ4v) is 4.41. The van der Waals surface area contributed by atoms with Crippen LogP contribution in [-0.4, -0.2) is 26.5 Å². The van der Waals surface area contributed by atoms with E-state index in [-0.39, 0.29) is 28.3 Å². The summed E-state index contributed by atoms with van der Waals surface area (Å²) in [7, 11) is -2.47. The number of anilines is 1. The standard InChI is InChI=1S/C26H30N2O4S/c1-17(2)23-15-20(16-24(18(3)4)25(23)29)27-26(19-9-7-6-8-10-19)28-33(30,31)22-13-11-21(32-5)12-14-22/h6-18,29H,1-5H3,(H,27,28). The second kappa shape index (κ2) is 10.1. The second-order valence-electron chi connectivity index (χ2n) is 8.39. The Hall–Kier alpha value is -3.32. The Morgan fingerprint density at radius 1 is 0.909 bits per heavy atom. The molecule has 33 heavy (non-hydrogen) atoms. The largest absolute Gasteiger partial charge is 0.507 e. The lowest BCUT2D eigenvalue weighted by Gasteiger charge is -2.19. The second-order valence-corrected chi connectivity index (χ2v) is 10.00. The Labute approximate surface area is 196 Å². The van der Waals surface area contributed by atoms with Crippen LogP contribution in [0, 0.1) is 0 Å². The highest BCUT2D eigenvalue weighted by atomic mass is 32.2. The molecule has 2 N–H and O–H groups in total. The Kier molecular flexibility index (Phi) is 7.43. The van der Waals surface area contributed by atoms with Gasteiger partial charge in [0.1, 0.15) is 11.5 Å². The molecule has 7 heteroatoms. The van der Waals surface area contributed by atoms with Crippen molar-refractivity contribution in [2.45, 2.75) is 44.4 Å². The quantitative estimate of drug-likeness (QED) is 0.257. The average Bonchev–Trinajstić information content (AvgIpc) is 2.79. The van der Waals surface area contributed by atoms with Crippen LogP contribution < -0.4 is 10.1 Å². The highest BCUT2D eigenvalue weighted by Crippen LogP contribution is 2.36. The molecule has 0 aromatic heterocycles. The molecule has 3 aromatic rings. The molecule has 0 heterocycles. The molecule has 0 amide bonds. The van der Waals surface area contributed by atoms with Crippen LogP contribution in [0.5, 0.6) is 11.5 Å². The van der Waals surface area contributed by atoms with Crippen LogP contribution in [0.25, 0.3) is 0 Å². The smallest absolute Gasteiger partial charge is 0.284 e. The van der Waals surface area contributed by atoms with E-state index < -0.39 is 10.0 Å². The van der Waals surface area contributed by atoms with Crippen LogP contribution in [0.3, 0.4) is 0 Å². The lowest BCUT2D eigenvalue weighted by atomic mass is 9.93. The Balaban J connectivity index is 2.11. The molecule has 0 radical (unpaired) electrons. The SMILES string of the molecule is COc1ccc(S(=O)(=O)N=C(Nc2cc(C(C)C)c(O)c(C(C)C)c2)c2ccccc2)cc1. The van der Waals surface area contributed by atoms with Gasteiger partial charge in [0.05, 0.1) is 12.0 Å². The minimum absolute atomic E-state index is 0.0648. The fourth-order valence-electron chi connectivity index (χ4n) is 3.43. The summed E-state index contributed by atoms with van der Waals surface area (Å²) in [5.74, 6) is 1.20. The van der Waals surface area contributed by atoms with Gasteiger partial charge in [-0.05, 0) is 59.4 Å². The first-order chi connectivity index (χ1) is 15.6. The lowest BCUT2D eigenvalue weighted by molar-refractivity contribution is 0.414. The van der Waals surface area contributed by atoms with E-state index in [0.29, 0.717) is 17.0 Å². The van der Waals surface area contributed by atoms with Gasteiger partial charge < -0.3 is 15.2 Å². The summed E-state index contributed by atoms with van der Waals surface area (Å²) in [6.45, 7) is 8.01. The van der Waals surface area contributed by atoms with Crippen molar-refractivity contribution in [2.75, 3.05) is 12.4 Å². The van der Waals surface area contributed by atoms with Crippen LogP contribution in [0.15, 0.2) is 76.0 Å². The zero-order valence-corrected chi connectivity index (χ0v) is 20.3. The minimum Gasteiger partial charge on any atom is -0.507 e. The van der Waals surface area contributed by atoms with Gasteiger partial charge in [-0.15, -0.1) is 4.40 Å². The highest BCUT2D eigenvalue weighted by Gasteiger charge is 2.19. The average molecular weight is 467 g/mol. The third kappa shape index (κ3) is 5.73. The summed E-state index contributed by atoms with van der Waals surface area (Å²) in [6, 6.07) is 18.9. The molecular weight excluding hydrogens is 436 g/mol. The fraction of sp³-hybridized carbons (Fsp3) is 0.269. The van der Waals surface area contributed by atoms with Gasteiger partial charge in [-0.2, -0.15) is 8.42 Å². The molecule has 0 aliphatic rings. The molecule has 0 aliphatic carbocycles. The van der Waals surface area contributed by atoms with Gasteiger partial charge in [0.2, 0.25) is 0 Å². The molecule has 6 nitrogen and oxygen atoms in total. The summed E-state index contributed by atoms with van der Waals surface area (Å²) in [6.07, 6.45) is 0. The zero-order chi connectivity index (χ0) is 24.2. The minimum atomic E-state index is -3.99. The topological polar surface area (TPSA) is 88.0 Å². The number of hydrogen-bond acceptors (Lipinski definition) is 4. The molecule has 0 fully saturated rings. The van der Waals surface area contributed by atoms with Gasteiger partial charge in [-0.3, -0.25) is 0 Å². The molecule has 0 bridgehead atoms. The van der Waals surface area contributed by atoms with Crippen molar-refractivity contribution in [3.8, 4) is 11.5 Å². The first-order valence-electron chi connectivity index (χ1n) is 10.8. The molecule has 0 aliphatic heterocycles. The number of ether oxygens (including phenoxy) is 1. The Morgan fingerprint density at radius 3 is 1.94 bits per heavy atom. The van der Waals surface area contributed by atoms with Gasteiger partial charge in [0.15, 0.2) is 5.84 Å². The third-order valence-corrected chi connectivity index (χ3v) is 6.58. The van der Waals surface area contributed by atoms with Gasteiger partial charge in [0, 0.05) is 11.3 Å². The van der Waals surface area contributed by atoms with Gasteiger partial charge >= 0.3 is 0 Å². The maximum absolute atomic E-state index is 13.1. The van der Waals surface area contributed by atoms with Crippen molar-refractivity contribution in [3.63, 3.8) is 0 Å². The Morgan fingerprint density at radius 2 is 1.45 bits per heavy atom. The van der Waals surface area contributed by atoms with E-state index in [1.165, 1.54) is 19.2 Å². The van der Waals surface area contributed by atoms with Crippen molar-refractivity contribution < 1.29 is 18.3 Å². The van der Waals surface area contributed by atoms with E-state index in [2.05, 4.69) is 9.71 Å². The maximum atomic E-state index is 13.1. The molecule has 0 spiro atoms. The molecule has 3 rings (SSSR count). The number of amidine groups is 1. The molecule has 0 atom stereocenters. The van der Waals surface area contributed by atoms with Crippen LogP contribution in [0.2, 0.25) is 0 Å². The van der Waals surface area contributed by atoms with Crippen LogP contribution in [0.1, 0.15) is 56.2 Å². The number of benzene rings is 3. The van der Waals surface area contributed by atoms with Crippen molar-refractivity contribution in [1.82, 2.24) is 0 Å². The van der Waals surface area contributed by atoms with E-state index in [4.69, 9.17) is 4.74 Å². The van der Waals surface area contributed by atoms with Crippen LogP contribution >= 0.6 is 0 Å². The summed E-state index contributed by atoms with van der Waals surface area (Å²) < 4.78 is 35.5. The monoisotopic (exact) mass is 466 g/mol. The maximum Gasteiger partial charge on any atom is 0.284 e. The van der Waals surface area contributed by atoms with Gasteiger partial charge in [0.25, 0.3) is 10.0 Å². The van der Waals surface area contributed by atoms with Crippen molar-refractivity contribution in [2.24, 2.45) is 4.40 Å². The van der Waals surface area contributed by atoms with E-state index in [9.17, 15) is 13.5 Å². The van der Waals surface area contributed by atoms with Crippen molar-refractivity contribution >= 4 is 21.5 Å². The van der Waals surface area contributed by atoms with Gasteiger partial charge in [-0.1, -0.05) is 58.0 Å². The normalized spacial score (nSPS) is 12.3. The molecule has 3 aromatic carbocycles. The number of phenols is 1. The number of nitrogens with zero attached hydrogens (tertiary/aromatic N) is 1. The predicted molar refractivity (Wildman–Crippen MR) is 133 cm³/mol. The van der Waals surface area contributed by atoms with Gasteiger partial charge in [-0.25, -0.2) is 0 Å². The molecule has 174 valence electrons. The zero-order valence-electron chi connectivity index (χ0n) is 19.5. The summed E-state index contributed by atoms with van der Waals surface area (Å²) in [4.78, 5) is 0.0648. The van der Waals surface area contributed by atoms with E-state index in [0.717, 1.165) is 11.1 Å². The Bertz CT molecular complexity index is 1200. The number of hydrogen-bond donors (Lipinski definition) is 2. The predicted octanol–water partition coefficient (Wildman–Crippen LogP) is 5.90. The first-order valence-corrected chi connectivity index (χ1v) is 12.2. The number of methoxy groups -OCH3 is 1. The van der Waals surface area contributed by atoms with Crippen LogP contribution in [-0.2, 0) is 10.0 Å². The van der Waals surface area contributed by atoms with E-state index in [1.807, 2.05) is 58.0 Å². The summed E-state index contributed by atoms with van der Waals surface area (Å²) in [5, 5.41) is 13.9. The number of aromatic hydroxyl groups is 1. The van der Waals surface area contributed by atoms with E-state index >= 15 is 0 Å². The molecular formula is C26H30N2O4S. The molecule has 0 unspecified atom stereocenters. The number of phenolic OH excluding ortho intramolecular Hbond substituents is 1. The highest BCUT2D eigenvalue weighted by molar-refractivity contribution is 7.90. The lowest BCUT2D eigenvalue weighted by Crippen LogP contribution is -2.17. The van der Waals surface area contributed by atoms with Crippen molar-refractivity contribution in [1.29, 1.82) is 0 Å².